The molecule has 5 nitrogen and oxygen atoms in total. The molecule has 0 fully saturated rings. The van der Waals surface area contributed by atoms with Gasteiger partial charge in [0.25, 0.3) is 0 Å². The third-order valence-electron chi connectivity index (χ3n) is 2.51. The molecule has 1 aromatic rings. The molecule has 19 heavy (non-hydrogen) atoms. The maximum atomic E-state index is 11.6. The number of thioether (sulfide) groups is 1. The Bertz CT molecular complexity index is 457. The molecule has 0 radical (unpaired) electrons. The maximum Gasteiger partial charge on any atom is 0.225 e. The monoisotopic (exact) mass is 304 g/mol. The van der Waals surface area contributed by atoms with Crippen molar-refractivity contribution in [3.63, 3.8) is 0 Å². The molecule has 1 aliphatic rings. The minimum atomic E-state index is -0.0931. The molecule has 106 valence electrons. The zero-order valence-corrected chi connectivity index (χ0v) is 12.2. The van der Waals surface area contributed by atoms with E-state index in [4.69, 9.17) is 15.2 Å². The summed E-state index contributed by atoms with van der Waals surface area (Å²) in [4.78, 5) is 12.5. The maximum absolute atomic E-state index is 11.6. The first-order chi connectivity index (χ1) is 8.74. The summed E-state index contributed by atoms with van der Waals surface area (Å²) in [6, 6.07) is 3.69. The summed E-state index contributed by atoms with van der Waals surface area (Å²) in [7, 11) is 0. The van der Waals surface area contributed by atoms with Crippen molar-refractivity contribution in [3.8, 4) is 11.5 Å². The van der Waals surface area contributed by atoms with Crippen LogP contribution in [0.15, 0.2) is 17.0 Å². The Morgan fingerprint density at radius 3 is 2.58 bits per heavy atom. The molecule has 0 spiro atoms. The highest BCUT2D eigenvalue weighted by Crippen LogP contribution is 2.39. The van der Waals surface area contributed by atoms with Gasteiger partial charge < -0.3 is 20.5 Å². The van der Waals surface area contributed by atoms with E-state index in [0.717, 1.165) is 16.3 Å². The van der Waals surface area contributed by atoms with Crippen LogP contribution in [0.5, 0.6) is 11.5 Å². The summed E-state index contributed by atoms with van der Waals surface area (Å²) in [6.45, 7) is 1.42. The van der Waals surface area contributed by atoms with Crippen molar-refractivity contribution in [2.24, 2.45) is 5.73 Å². The minimum Gasteiger partial charge on any atom is -0.486 e. The predicted molar refractivity (Wildman–Crippen MR) is 78.8 cm³/mol. The van der Waals surface area contributed by atoms with Gasteiger partial charge in [0.15, 0.2) is 11.5 Å². The molecular weight excluding hydrogens is 288 g/mol. The summed E-state index contributed by atoms with van der Waals surface area (Å²) in [5, 5.41) is 2.84. The molecule has 3 N–H and O–H groups in total. The van der Waals surface area contributed by atoms with E-state index in [1.807, 2.05) is 12.3 Å². The van der Waals surface area contributed by atoms with Gasteiger partial charge in [-0.1, -0.05) is 0 Å². The normalized spacial score (nSPS) is 12.5. The molecule has 1 amide bonds. The number of nitrogens with two attached hydrogens (primary N) is 1. The van der Waals surface area contributed by atoms with E-state index >= 15 is 0 Å². The van der Waals surface area contributed by atoms with Gasteiger partial charge >= 0.3 is 0 Å². The Balaban J connectivity index is 0.00000180. The van der Waals surface area contributed by atoms with E-state index in [2.05, 4.69) is 5.32 Å². The molecule has 0 aromatic heterocycles. The highest BCUT2D eigenvalue weighted by molar-refractivity contribution is 7.98. The standard InChI is InChI=1S/C12H16N2O3S.ClH/c1-18-11-7-10-9(16-4-5-17-10)6-8(11)14-12(15)2-3-13;/h6-7H,2-5,13H2,1H3,(H,14,15);1H. The Labute approximate surface area is 122 Å². The fourth-order valence-electron chi connectivity index (χ4n) is 1.68. The number of rotatable bonds is 4. The number of carbonyl (C=O) groups excluding carboxylic acids is 1. The van der Waals surface area contributed by atoms with E-state index in [-0.39, 0.29) is 18.3 Å². The summed E-state index contributed by atoms with van der Waals surface area (Å²) >= 11 is 1.55. The summed E-state index contributed by atoms with van der Waals surface area (Å²) < 4.78 is 11.0. The first-order valence-electron chi connectivity index (χ1n) is 5.72. The van der Waals surface area contributed by atoms with Gasteiger partial charge in [0.1, 0.15) is 13.2 Å². The van der Waals surface area contributed by atoms with Crippen LogP contribution < -0.4 is 20.5 Å². The van der Waals surface area contributed by atoms with Crippen LogP contribution in [-0.4, -0.2) is 31.9 Å². The molecule has 0 saturated carbocycles. The number of anilines is 1. The first kappa shape index (κ1) is 15.9. The number of halogens is 1. The highest BCUT2D eigenvalue weighted by Gasteiger charge is 2.16. The molecule has 0 saturated heterocycles. The number of fused-ring (bicyclic) bond motifs is 1. The first-order valence-corrected chi connectivity index (χ1v) is 6.94. The van der Waals surface area contributed by atoms with Crippen LogP contribution in [0, 0.1) is 0 Å². The number of nitrogens with one attached hydrogen (secondary N) is 1. The van der Waals surface area contributed by atoms with Crippen molar-refractivity contribution in [2.45, 2.75) is 11.3 Å². The molecular formula is C12H17ClN2O3S. The summed E-state index contributed by atoms with van der Waals surface area (Å²) in [5.41, 5.74) is 6.09. The highest BCUT2D eigenvalue weighted by atomic mass is 35.5. The van der Waals surface area contributed by atoms with Gasteiger partial charge in [0.2, 0.25) is 5.91 Å². The van der Waals surface area contributed by atoms with Crippen molar-refractivity contribution in [1.82, 2.24) is 0 Å². The Kier molecular flexibility index (Phi) is 6.27. The number of benzene rings is 1. The molecule has 0 bridgehead atoms. The largest absolute Gasteiger partial charge is 0.486 e. The SMILES string of the molecule is CSc1cc2c(cc1NC(=O)CCN)OCCO2.Cl. The zero-order chi connectivity index (χ0) is 13.0. The molecule has 1 aliphatic heterocycles. The molecule has 0 aliphatic carbocycles. The number of ether oxygens (including phenoxy) is 2. The lowest BCUT2D eigenvalue weighted by Gasteiger charge is -2.20. The lowest BCUT2D eigenvalue weighted by atomic mass is 10.2. The number of amides is 1. The zero-order valence-electron chi connectivity index (χ0n) is 10.6. The Hall–Kier alpha value is -1.11. The summed E-state index contributed by atoms with van der Waals surface area (Å²) in [6.07, 6.45) is 2.26. The average Bonchev–Trinajstić information content (AvgIpc) is 2.38. The van der Waals surface area contributed by atoms with Gasteiger partial charge in [-0.3, -0.25) is 4.79 Å². The van der Waals surface area contributed by atoms with Gasteiger partial charge in [-0.2, -0.15) is 0 Å². The Morgan fingerprint density at radius 2 is 2.00 bits per heavy atom. The van der Waals surface area contributed by atoms with Gasteiger partial charge in [-0.05, 0) is 12.3 Å². The molecule has 7 heteroatoms. The average molecular weight is 305 g/mol. The van der Waals surface area contributed by atoms with Crippen molar-refractivity contribution < 1.29 is 14.3 Å². The second-order valence-electron chi connectivity index (χ2n) is 3.78. The van der Waals surface area contributed by atoms with Gasteiger partial charge in [-0.25, -0.2) is 0 Å². The fraction of sp³-hybridized carbons (Fsp3) is 0.417. The smallest absolute Gasteiger partial charge is 0.225 e. The van der Waals surface area contributed by atoms with Crippen LogP contribution in [0.3, 0.4) is 0 Å². The molecule has 1 heterocycles. The van der Waals surface area contributed by atoms with Crippen LogP contribution in [0.2, 0.25) is 0 Å². The minimum absolute atomic E-state index is 0. The molecule has 0 atom stereocenters. The fourth-order valence-corrected chi connectivity index (χ4v) is 2.24. The number of hydrogen-bond acceptors (Lipinski definition) is 5. The van der Waals surface area contributed by atoms with Gasteiger partial charge in [0.05, 0.1) is 5.69 Å². The quantitative estimate of drug-likeness (QED) is 0.831. The molecule has 0 unspecified atom stereocenters. The second kappa shape index (κ2) is 7.47. The topological polar surface area (TPSA) is 73.6 Å². The lowest BCUT2D eigenvalue weighted by molar-refractivity contribution is -0.116. The van der Waals surface area contributed by atoms with Crippen LogP contribution in [0.1, 0.15) is 6.42 Å². The van der Waals surface area contributed by atoms with E-state index < -0.39 is 0 Å². The van der Waals surface area contributed by atoms with Crippen molar-refractivity contribution >= 4 is 35.8 Å². The van der Waals surface area contributed by atoms with Crippen LogP contribution in [-0.2, 0) is 4.79 Å². The third-order valence-corrected chi connectivity index (χ3v) is 3.29. The molecule has 1 aromatic carbocycles. The van der Waals surface area contributed by atoms with E-state index in [9.17, 15) is 4.79 Å². The number of hydrogen-bond donors (Lipinski definition) is 2. The molecule has 2 rings (SSSR count). The van der Waals surface area contributed by atoms with Crippen LogP contribution in [0.4, 0.5) is 5.69 Å². The van der Waals surface area contributed by atoms with Crippen molar-refractivity contribution in [1.29, 1.82) is 0 Å². The van der Waals surface area contributed by atoms with E-state index in [0.29, 0.717) is 31.9 Å². The van der Waals surface area contributed by atoms with E-state index in [1.54, 1.807) is 17.8 Å². The second-order valence-corrected chi connectivity index (χ2v) is 4.63. The van der Waals surface area contributed by atoms with Crippen LogP contribution >= 0.6 is 24.2 Å². The predicted octanol–water partition coefficient (Wildman–Crippen LogP) is 1.89. The number of carbonyl (C=O) groups is 1. The Morgan fingerprint density at radius 1 is 1.37 bits per heavy atom. The lowest BCUT2D eigenvalue weighted by Crippen LogP contribution is -2.18. The van der Waals surface area contributed by atoms with Gasteiger partial charge in [-0.15, -0.1) is 24.2 Å². The van der Waals surface area contributed by atoms with E-state index in [1.165, 1.54) is 0 Å². The summed E-state index contributed by atoms with van der Waals surface area (Å²) in [5.74, 6) is 1.30. The third kappa shape index (κ3) is 3.92. The van der Waals surface area contributed by atoms with Crippen LogP contribution in [0.25, 0.3) is 0 Å². The van der Waals surface area contributed by atoms with Crippen molar-refractivity contribution in [2.75, 3.05) is 31.3 Å². The van der Waals surface area contributed by atoms with Crippen molar-refractivity contribution in [3.05, 3.63) is 12.1 Å². The van der Waals surface area contributed by atoms with Gasteiger partial charge in [0, 0.05) is 23.9 Å².